The third-order valence-corrected chi connectivity index (χ3v) is 3.55. The highest BCUT2D eigenvalue weighted by molar-refractivity contribution is 14.1. The van der Waals surface area contributed by atoms with Gasteiger partial charge in [-0.05, 0) is 46.9 Å². The third kappa shape index (κ3) is 4.09. The first-order chi connectivity index (χ1) is 10.4. The van der Waals surface area contributed by atoms with Gasteiger partial charge in [0.2, 0.25) is 0 Å². The van der Waals surface area contributed by atoms with Crippen LogP contribution in [-0.4, -0.2) is 12.5 Å². The number of ether oxygens (including phenoxy) is 1. The van der Waals surface area contributed by atoms with Crippen LogP contribution in [0, 0.1) is 26.8 Å². The van der Waals surface area contributed by atoms with Gasteiger partial charge in [-0.25, -0.2) is 17.6 Å². The zero-order valence-electron chi connectivity index (χ0n) is 10.8. The fraction of sp³-hybridized carbons (Fsp3) is 0.0714. The molecule has 0 aliphatic carbocycles. The summed E-state index contributed by atoms with van der Waals surface area (Å²) < 4.78 is 57.3. The van der Waals surface area contributed by atoms with E-state index in [1.165, 1.54) is 22.6 Å². The van der Waals surface area contributed by atoms with Crippen LogP contribution in [-0.2, 0) is 4.79 Å². The summed E-state index contributed by atoms with van der Waals surface area (Å²) >= 11 is 1.49. The molecule has 0 bridgehead atoms. The van der Waals surface area contributed by atoms with Gasteiger partial charge in [0.05, 0.1) is 3.57 Å². The van der Waals surface area contributed by atoms with Gasteiger partial charge < -0.3 is 10.1 Å². The smallest absolute Gasteiger partial charge is 0.262 e. The van der Waals surface area contributed by atoms with Crippen LogP contribution < -0.4 is 10.1 Å². The van der Waals surface area contributed by atoms with Gasteiger partial charge in [0, 0.05) is 11.8 Å². The maximum absolute atomic E-state index is 13.3. The van der Waals surface area contributed by atoms with Crippen molar-refractivity contribution >= 4 is 34.2 Å². The Hall–Kier alpha value is -1.84. The van der Waals surface area contributed by atoms with Gasteiger partial charge >= 0.3 is 0 Å². The van der Waals surface area contributed by atoms with Gasteiger partial charge in [0.1, 0.15) is 17.5 Å². The Bertz CT molecular complexity index is 701. The number of nitrogens with one attached hydrogen (secondary N) is 1. The summed E-state index contributed by atoms with van der Waals surface area (Å²) in [6.07, 6.45) is 0. The summed E-state index contributed by atoms with van der Waals surface area (Å²) in [5.41, 5.74) is -0.0939. The van der Waals surface area contributed by atoms with Crippen LogP contribution >= 0.6 is 22.6 Å². The van der Waals surface area contributed by atoms with E-state index >= 15 is 0 Å². The highest BCUT2D eigenvalue weighted by Gasteiger charge is 2.12. The van der Waals surface area contributed by atoms with Crippen LogP contribution in [0.5, 0.6) is 5.75 Å². The molecule has 0 atom stereocenters. The molecule has 8 heteroatoms. The van der Waals surface area contributed by atoms with Crippen LogP contribution in [0.25, 0.3) is 0 Å². The van der Waals surface area contributed by atoms with Crippen molar-refractivity contribution in [3.63, 3.8) is 0 Å². The second kappa shape index (κ2) is 6.95. The largest absolute Gasteiger partial charge is 0.481 e. The number of amides is 1. The molecule has 2 rings (SSSR count). The van der Waals surface area contributed by atoms with Crippen molar-refractivity contribution in [2.45, 2.75) is 0 Å². The lowest BCUT2D eigenvalue weighted by atomic mass is 10.3. The van der Waals surface area contributed by atoms with E-state index < -0.39 is 35.8 Å². The van der Waals surface area contributed by atoms with Crippen molar-refractivity contribution in [3.8, 4) is 5.75 Å². The first-order valence-electron chi connectivity index (χ1n) is 5.89. The normalized spacial score (nSPS) is 10.4. The van der Waals surface area contributed by atoms with Gasteiger partial charge in [-0.3, -0.25) is 4.79 Å². The van der Waals surface area contributed by atoms with Crippen LogP contribution in [0.3, 0.4) is 0 Å². The fourth-order valence-corrected chi connectivity index (χ4v) is 1.87. The van der Waals surface area contributed by atoms with Crippen molar-refractivity contribution in [1.82, 2.24) is 0 Å². The Labute approximate surface area is 136 Å². The summed E-state index contributed by atoms with van der Waals surface area (Å²) in [4.78, 5) is 11.6. The number of rotatable bonds is 4. The van der Waals surface area contributed by atoms with Gasteiger partial charge in [-0.2, -0.15) is 0 Å². The highest BCUT2D eigenvalue weighted by Crippen LogP contribution is 2.21. The molecule has 0 aliphatic heterocycles. The zero-order chi connectivity index (χ0) is 16.3. The van der Waals surface area contributed by atoms with E-state index in [4.69, 9.17) is 4.74 Å². The first-order valence-corrected chi connectivity index (χ1v) is 6.97. The second-order valence-corrected chi connectivity index (χ2v) is 5.24. The van der Waals surface area contributed by atoms with Gasteiger partial charge in [-0.15, -0.1) is 0 Å². The molecule has 0 fully saturated rings. The molecule has 0 radical (unpaired) electrons. The van der Waals surface area contributed by atoms with Crippen molar-refractivity contribution in [1.29, 1.82) is 0 Å². The molecule has 1 N–H and O–H groups in total. The Morgan fingerprint density at radius 1 is 1.05 bits per heavy atom. The molecular weight excluding hydrogens is 417 g/mol. The van der Waals surface area contributed by atoms with E-state index in [1.807, 2.05) is 0 Å². The molecule has 2 aromatic rings. The molecule has 1 amide bonds. The van der Waals surface area contributed by atoms with Gasteiger partial charge in [-0.1, -0.05) is 0 Å². The van der Waals surface area contributed by atoms with E-state index in [1.54, 1.807) is 0 Å². The Kier molecular flexibility index (Phi) is 5.22. The molecular formula is C14H8F4INO2. The van der Waals surface area contributed by atoms with E-state index in [-0.39, 0.29) is 15.0 Å². The molecule has 0 aromatic heterocycles. The molecule has 0 saturated heterocycles. The molecule has 0 spiro atoms. The molecule has 22 heavy (non-hydrogen) atoms. The molecule has 0 unspecified atom stereocenters. The van der Waals surface area contributed by atoms with Gasteiger partial charge in [0.15, 0.2) is 18.2 Å². The molecule has 116 valence electrons. The van der Waals surface area contributed by atoms with Crippen LogP contribution in [0.15, 0.2) is 30.3 Å². The van der Waals surface area contributed by atoms with Crippen molar-refractivity contribution in [3.05, 3.63) is 57.2 Å². The Balaban J connectivity index is 1.99. The maximum atomic E-state index is 13.3. The van der Waals surface area contributed by atoms with E-state index in [0.29, 0.717) is 6.07 Å². The zero-order valence-corrected chi connectivity index (χ0v) is 13.0. The minimum absolute atomic E-state index is 0.0939. The van der Waals surface area contributed by atoms with Crippen LogP contribution in [0.4, 0.5) is 23.2 Å². The SMILES string of the molecule is O=C(COc1ccc(F)cc1F)Nc1cc(F)c(I)c(F)c1. The summed E-state index contributed by atoms with van der Waals surface area (Å²) in [7, 11) is 0. The average molecular weight is 425 g/mol. The van der Waals surface area contributed by atoms with E-state index in [9.17, 15) is 22.4 Å². The van der Waals surface area contributed by atoms with Crippen molar-refractivity contribution < 1.29 is 27.1 Å². The number of carbonyl (C=O) groups is 1. The molecule has 0 saturated carbocycles. The van der Waals surface area contributed by atoms with Crippen LogP contribution in [0.2, 0.25) is 0 Å². The monoisotopic (exact) mass is 425 g/mol. The number of halogens is 5. The summed E-state index contributed by atoms with van der Waals surface area (Å²) in [5.74, 6) is -4.43. The van der Waals surface area contributed by atoms with Gasteiger partial charge in [0.25, 0.3) is 5.91 Å². The molecule has 2 aromatic carbocycles. The maximum Gasteiger partial charge on any atom is 0.262 e. The Morgan fingerprint density at radius 3 is 2.27 bits per heavy atom. The predicted octanol–water partition coefficient (Wildman–Crippen LogP) is 3.87. The number of hydrogen-bond acceptors (Lipinski definition) is 2. The fourth-order valence-electron chi connectivity index (χ4n) is 1.56. The summed E-state index contributed by atoms with van der Waals surface area (Å²) in [6, 6.07) is 4.50. The standard InChI is InChI=1S/C14H8F4INO2/c15-7-1-2-12(9(16)3-7)22-6-13(21)20-8-4-10(17)14(19)11(18)5-8/h1-5H,6H2,(H,20,21). The lowest BCUT2D eigenvalue weighted by Gasteiger charge is -2.09. The average Bonchev–Trinajstić information content (AvgIpc) is 2.43. The number of hydrogen-bond donors (Lipinski definition) is 1. The summed E-state index contributed by atoms with van der Waals surface area (Å²) in [6.45, 7) is -0.599. The lowest BCUT2D eigenvalue weighted by Crippen LogP contribution is -2.20. The predicted molar refractivity (Wildman–Crippen MR) is 79.6 cm³/mol. The lowest BCUT2D eigenvalue weighted by molar-refractivity contribution is -0.118. The van der Waals surface area contributed by atoms with Crippen molar-refractivity contribution in [2.75, 3.05) is 11.9 Å². The highest BCUT2D eigenvalue weighted by atomic mass is 127. The number of anilines is 1. The number of benzene rings is 2. The molecule has 3 nitrogen and oxygen atoms in total. The van der Waals surface area contributed by atoms with E-state index in [0.717, 1.165) is 24.3 Å². The minimum atomic E-state index is -0.959. The quantitative estimate of drug-likeness (QED) is 0.459. The van der Waals surface area contributed by atoms with Crippen molar-refractivity contribution in [2.24, 2.45) is 0 Å². The van der Waals surface area contributed by atoms with Crippen LogP contribution in [0.1, 0.15) is 0 Å². The Morgan fingerprint density at radius 2 is 1.68 bits per heavy atom. The molecule has 0 aliphatic rings. The third-order valence-electron chi connectivity index (χ3n) is 2.52. The minimum Gasteiger partial charge on any atom is -0.481 e. The number of carbonyl (C=O) groups excluding carboxylic acids is 1. The first kappa shape index (κ1) is 16.5. The summed E-state index contributed by atoms with van der Waals surface area (Å²) in [5, 5.41) is 2.21. The second-order valence-electron chi connectivity index (χ2n) is 4.17. The molecule has 0 heterocycles. The topological polar surface area (TPSA) is 38.3 Å². The van der Waals surface area contributed by atoms with E-state index in [2.05, 4.69) is 5.32 Å².